The molecule has 3 heteroatoms. The van der Waals surface area contributed by atoms with Gasteiger partial charge in [-0.2, -0.15) is 0 Å². The second kappa shape index (κ2) is 6.15. The van der Waals surface area contributed by atoms with Crippen LogP contribution in [0.15, 0.2) is 24.3 Å². The van der Waals surface area contributed by atoms with E-state index in [-0.39, 0.29) is 17.6 Å². The number of para-hydroxylation sites is 1. The maximum atomic E-state index is 6.22. The Morgan fingerprint density at radius 2 is 1.95 bits per heavy atom. The molecule has 1 aliphatic rings. The maximum Gasteiger partial charge on any atom is 0.128 e. The van der Waals surface area contributed by atoms with Gasteiger partial charge in [0.2, 0.25) is 0 Å². The molecule has 3 unspecified atom stereocenters. The van der Waals surface area contributed by atoms with Crippen LogP contribution >= 0.6 is 0 Å². The molecule has 1 N–H and O–H groups in total. The Labute approximate surface area is 122 Å². The highest BCUT2D eigenvalue weighted by molar-refractivity contribution is 5.38. The zero-order chi connectivity index (χ0) is 14.8. The molecule has 0 aromatic heterocycles. The third-order valence-corrected chi connectivity index (χ3v) is 3.96. The lowest BCUT2D eigenvalue weighted by Crippen LogP contribution is -2.61. The number of benzene rings is 1. The highest BCUT2D eigenvalue weighted by atomic mass is 16.5. The Kier molecular flexibility index (Phi) is 4.71. The number of nitrogens with one attached hydrogen (secondary N) is 1. The largest absolute Gasteiger partial charge is 0.487 e. The van der Waals surface area contributed by atoms with Crippen molar-refractivity contribution in [2.45, 2.75) is 57.8 Å². The SMILES string of the molecule is CCNC1CC(Oc2ccccc2C(C)(C)C)C1OC. The predicted octanol–water partition coefficient (Wildman–Crippen LogP) is 3.13. The lowest BCUT2D eigenvalue weighted by atomic mass is 9.84. The molecule has 2 rings (SSSR count). The van der Waals surface area contributed by atoms with Crippen molar-refractivity contribution in [2.75, 3.05) is 13.7 Å². The molecule has 0 spiro atoms. The zero-order valence-electron chi connectivity index (χ0n) is 13.3. The first-order chi connectivity index (χ1) is 9.47. The summed E-state index contributed by atoms with van der Waals surface area (Å²) < 4.78 is 11.8. The molecule has 1 saturated carbocycles. The molecule has 1 aromatic carbocycles. The van der Waals surface area contributed by atoms with Crippen molar-refractivity contribution in [3.63, 3.8) is 0 Å². The number of ether oxygens (including phenoxy) is 2. The number of hydrogen-bond donors (Lipinski definition) is 1. The normalized spacial score (nSPS) is 26.1. The molecular weight excluding hydrogens is 250 g/mol. The van der Waals surface area contributed by atoms with Gasteiger partial charge >= 0.3 is 0 Å². The van der Waals surface area contributed by atoms with E-state index in [4.69, 9.17) is 9.47 Å². The molecule has 1 fully saturated rings. The monoisotopic (exact) mass is 277 g/mol. The molecule has 1 aromatic rings. The highest BCUT2D eigenvalue weighted by Gasteiger charge is 2.43. The van der Waals surface area contributed by atoms with E-state index in [1.807, 2.05) is 6.07 Å². The van der Waals surface area contributed by atoms with E-state index in [1.54, 1.807) is 7.11 Å². The molecule has 0 radical (unpaired) electrons. The van der Waals surface area contributed by atoms with Crippen molar-refractivity contribution in [3.8, 4) is 5.75 Å². The Balaban J connectivity index is 2.08. The summed E-state index contributed by atoms with van der Waals surface area (Å²) in [6.45, 7) is 9.73. The first-order valence-electron chi connectivity index (χ1n) is 7.49. The Bertz CT molecular complexity index is 439. The van der Waals surface area contributed by atoms with E-state index in [9.17, 15) is 0 Å². The quantitative estimate of drug-likeness (QED) is 0.897. The third-order valence-electron chi connectivity index (χ3n) is 3.96. The van der Waals surface area contributed by atoms with Gasteiger partial charge in [0.15, 0.2) is 0 Å². The van der Waals surface area contributed by atoms with Crippen molar-refractivity contribution in [1.82, 2.24) is 5.32 Å². The fraction of sp³-hybridized carbons (Fsp3) is 0.647. The molecule has 3 atom stereocenters. The average Bonchev–Trinajstić information content (AvgIpc) is 2.37. The van der Waals surface area contributed by atoms with Gasteiger partial charge in [0.1, 0.15) is 18.0 Å². The van der Waals surface area contributed by atoms with Crippen LogP contribution in [0.5, 0.6) is 5.75 Å². The highest BCUT2D eigenvalue weighted by Crippen LogP contribution is 2.35. The van der Waals surface area contributed by atoms with Gasteiger partial charge in [-0.3, -0.25) is 0 Å². The van der Waals surface area contributed by atoms with Crippen molar-refractivity contribution in [1.29, 1.82) is 0 Å². The van der Waals surface area contributed by atoms with Crippen molar-refractivity contribution in [3.05, 3.63) is 29.8 Å². The standard InChI is InChI=1S/C17H27NO2/c1-6-18-13-11-15(16(13)19-5)20-14-10-8-7-9-12(14)17(2,3)4/h7-10,13,15-16,18H,6,11H2,1-5H3. The number of rotatable bonds is 5. The van der Waals surface area contributed by atoms with Crippen molar-refractivity contribution in [2.24, 2.45) is 0 Å². The molecule has 0 bridgehead atoms. The molecule has 3 nitrogen and oxygen atoms in total. The Morgan fingerprint density at radius 3 is 2.55 bits per heavy atom. The van der Waals surface area contributed by atoms with E-state index in [1.165, 1.54) is 5.56 Å². The van der Waals surface area contributed by atoms with Crippen LogP contribution in [-0.2, 0) is 10.2 Å². The van der Waals surface area contributed by atoms with E-state index < -0.39 is 0 Å². The van der Waals surface area contributed by atoms with E-state index >= 15 is 0 Å². The van der Waals surface area contributed by atoms with Gasteiger partial charge in [0.05, 0.1) is 0 Å². The summed E-state index contributed by atoms with van der Waals surface area (Å²) in [5.41, 5.74) is 1.34. The van der Waals surface area contributed by atoms with Crippen molar-refractivity contribution < 1.29 is 9.47 Å². The van der Waals surface area contributed by atoms with Gasteiger partial charge in [0, 0.05) is 19.6 Å². The van der Waals surface area contributed by atoms with Gasteiger partial charge < -0.3 is 14.8 Å². The van der Waals surface area contributed by atoms with Crippen molar-refractivity contribution >= 4 is 0 Å². The molecule has 1 aliphatic carbocycles. The van der Waals surface area contributed by atoms with Gasteiger partial charge in [-0.1, -0.05) is 45.9 Å². The minimum absolute atomic E-state index is 0.0873. The fourth-order valence-electron chi connectivity index (χ4n) is 2.83. The summed E-state index contributed by atoms with van der Waals surface area (Å²) >= 11 is 0. The summed E-state index contributed by atoms with van der Waals surface area (Å²) in [7, 11) is 1.76. The Hall–Kier alpha value is -1.06. The predicted molar refractivity (Wildman–Crippen MR) is 82.4 cm³/mol. The molecule has 0 aliphatic heterocycles. The summed E-state index contributed by atoms with van der Waals surface area (Å²) in [6, 6.07) is 8.73. The minimum Gasteiger partial charge on any atom is -0.487 e. The summed E-state index contributed by atoms with van der Waals surface area (Å²) in [4.78, 5) is 0. The number of methoxy groups -OCH3 is 1. The van der Waals surface area contributed by atoms with Gasteiger partial charge in [0.25, 0.3) is 0 Å². The molecule has 0 saturated heterocycles. The van der Waals surface area contributed by atoms with Crippen LogP contribution in [0.25, 0.3) is 0 Å². The molecule has 20 heavy (non-hydrogen) atoms. The smallest absolute Gasteiger partial charge is 0.128 e. The molecule has 0 heterocycles. The summed E-state index contributed by atoms with van der Waals surface area (Å²) in [5, 5.41) is 3.44. The second-order valence-electron chi connectivity index (χ2n) is 6.50. The molecular formula is C17H27NO2. The summed E-state index contributed by atoms with van der Waals surface area (Å²) in [6.07, 6.45) is 1.29. The van der Waals surface area contributed by atoms with Crippen LogP contribution in [0.3, 0.4) is 0 Å². The maximum absolute atomic E-state index is 6.22. The molecule has 112 valence electrons. The number of hydrogen-bond acceptors (Lipinski definition) is 3. The van der Waals surface area contributed by atoms with Crippen LogP contribution < -0.4 is 10.1 Å². The van der Waals surface area contributed by atoms with E-state index in [0.29, 0.717) is 6.04 Å². The van der Waals surface area contributed by atoms with Gasteiger partial charge in [-0.05, 0) is 23.6 Å². The summed E-state index contributed by atoms with van der Waals surface area (Å²) in [5.74, 6) is 0.988. The topological polar surface area (TPSA) is 30.5 Å². The fourth-order valence-corrected chi connectivity index (χ4v) is 2.83. The minimum atomic E-state index is 0.0873. The lowest BCUT2D eigenvalue weighted by molar-refractivity contribution is -0.0888. The first kappa shape index (κ1) is 15.3. The first-order valence-corrected chi connectivity index (χ1v) is 7.49. The van der Waals surface area contributed by atoms with Crippen LogP contribution in [0.1, 0.15) is 39.7 Å². The second-order valence-corrected chi connectivity index (χ2v) is 6.50. The van der Waals surface area contributed by atoms with Gasteiger partial charge in [-0.15, -0.1) is 0 Å². The van der Waals surface area contributed by atoms with E-state index in [0.717, 1.165) is 18.7 Å². The van der Waals surface area contributed by atoms with E-state index in [2.05, 4.69) is 51.2 Å². The van der Waals surface area contributed by atoms with Gasteiger partial charge in [-0.25, -0.2) is 0 Å². The average molecular weight is 277 g/mol. The van der Waals surface area contributed by atoms with Crippen LogP contribution in [-0.4, -0.2) is 31.9 Å². The van der Waals surface area contributed by atoms with Crippen LogP contribution in [0.2, 0.25) is 0 Å². The third kappa shape index (κ3) is 3.15. The zero-order valence-corrected chi connectivity index (χ0v) is 13.3. The van der Waals surface area contributed by atoms with Crippen LogP contribution in [0, 0.1) is 0 Å². The Morgan fingerprint density at radius 1 is 1.25 bits per heavy atom. The number of likely N-dealkylation sites (N-methyl/N-ethyl adjacent to an activating group) is 1. The van der Waals surface area contributed by atoms with Crippen LogP contribution in [0.4, 0.5) is 0 Å². The lowest BCUT2D eigenvalue weighted by Gasteiger charge is -2.44. The molecule has 0 amide bonds.